The van der Waals surface area contributed by atoms with Crippen LogP contribution in [0.25, 0.3) is 0 Å². The SMILES string of the molecule is CNC1CCC(OC(C)C(F)(F)F)C1. The van der Waals surface area contributed by atoms with Crippen molar-refractivity contribution >= 4 is 0 Å². The topological polar surface area (TPSA) is 21.3 Å². The molecule has 3 unspecified atom stereocenters. The summed E-state index contributed by atoms with van der Waals surface area (Å²) in [6, 6.07) is 0.306. The molecule has 1 rings (SSSR count). The average molecular weight is 211 g/mol. The monoisotopic (exact) mass is 211 g/mol. The third kappa shape index (κ3) is 3.13. The summed E-state index contributed by atoms with van der Waals surface area (Å²) < 4.78 is 41.4. The molecule has 84 valence electrons. The second kappa shape index (κ2) is 4.49. The van der Waals surface area contributed by atoms with Crippen LogP contribution in [-0.2, 0) is 4.74 Å². The highest BCUT2D eigenvalue weighted by Gasteiger charge is 2.39. The van der Waals surface area contributed by atoms with Gasteiger partial charge < -0.3 is 10.1 Å². The van der Waals surface area contributed by atoms with E-state index in [0.29, 0.717) is 18.9 Å². The summed E-state index contributed by atoms with van der Waals surface area (Å²) in [6.45, 7) is 1.06. The molecule has 0 heterocycles. The van der Waals surface area contributed by atoms with Gasteiger partial charge in [0.15, 0.2) is 6.10 Å². The standard InChI is InChI=1S/C9H16F3NO/c1-6(9(10,11)12)14-8-4-3-7(5-8)13-2/h6-8,13H,3-5H2,1-2H3. The van der Waals surface area contributed by atoms with Gasteiger partial charge in [0.05, 0.1) is 6.10 Å². The van der Waals surface area contributed by atoms with Gasteiger partial charge in [-0.3, -0.25) is 0 Å². The Hall–Kier alpha value is -0.290. The Morgan fingerprint density at radius 1 is 1.36 bits per heavy atom. The van der Waals surface area contributed by atoms with Crippen LogP contribution in [0.4, 0.5) is 13.2 Å². The fraction of sp³-hybridized carbons (Fsp3) is 1.00. The Morgan fingerprint density at radius 2 is 2.00 bits per heavy atom. The van der Waals surface area contributed by atoms with Gasteiger partial charge >= 0.3 is 6.18 Å². The Kier molecular flexibility index (Phi) is 3.78. The fourth-order valence-electron chi connectivity index (χ4n) is 1.69. The van der Waals surface area contributed by atoms with E-state index in [4.69, 9.17) is 4.74 Å². The lowest BCUT2D eigenvalue weighted by Gasteiger charge is -2.20. The summed E-state index contributed by atoms with van der Waals surface area (Å²) in [7, 11) is 1.82. The minimum Gasteiger partial charge on any atom is -0.366 e. The van der Waals surface area contributed by atoms with Crippen molar-refractivity contribution in [1.82, 2.24) is 5.32 Å². The molecule has 1 aliphatic rings. The van der Waals surface area contributed by atoms with Crippen LogP contribution in [0, 0.1) is 0 Å². The molecule has 1 saturated carbocycles. The van der Waals surface area contributed by atoms with Gasteiger partial charge in [0.25, 0.3) is 0 Å². The lowest BCUT2D eigenvalue weighted by atomic mass is 10.2. The number of halogens is 3. The molecular weight excluding hydrogens is 195 g/mol. The highest BCUT2D eigenvalue weighted by Crippen LogP contribution is 2.28. The predicted molar refractivity (Wildman–Crippen MR) is 47.1 cm³/mol. The minimum absolute atomic E-state index is 0.246. The molecule has 0 aliphatic heterocycles. The number of alkyl halides is 3. The molecule has 5 heteroatoms. The molecule has 0 amide bonds. The first-order valence-corrected chi connectivity index (χ1v) is 4.83. The summed E-state index contributed by atoms with van der Waals surface area (Å²) in [5, 5.41) is 3.04. The number of nitrogens with one attached hydrogen (secondary N) is 1. The van der Waals surface area contributed by atoms with Crippen LogP contribution in [-0.4, -0.2) is 31.5 Å². The maximum absolute atomic E-state index is 12.1. The molecule has 0 radical (unpaired) electrons. The third-order valence-corrected chi connectivity index (χ3v) is 2.65. The summed E-state index contributed by atoms with van der Waals surface area (Å²) >= 11 is 0. The third-order valence-electron chi connectivity index (χ3n) is 2.65. The minimum atomic E-state index is -4.24. The van der Waals surface area contributed by atoms with E-state index in [2.05, 4.69) is 5.32 Å². The summed E-state index contributed by atoms with van der Waals surface area (Å²) in [6.07, 6.45) is -3.85. The van der Waals surface area contributed by atoms with Crippen molar-refractivity contribution in [2.24, 2.45) is 0 Å². The molecule has 0 aromatic heterocycles. The van der Waals surface area contributed by atoms with Gasteiger partial charge in [-0.05, 0) is 33.2 Å². The molecule has 0 aromatic rings. The van der Waals surface area contributed by atoms with Crippen molar-refractivity contribution in [2.75, 3.05) is 7.05 Å². The first kappa shape index (κ1) is 11.8. The Balaban J connectivity index is 2.32. The lowest BCUT2D eigenvalue weighted by molar-refractivity contribution is -0.226. The number of ether oxygens (including phenoxy) is 1. The van der Waals surface area contributed by atoms with Crippen LogP contribution in [0.15, 0.2) is 0 Å². The zero-order valence-electron chi connectivity index (χ0n) is 8.40. The van der Waals surface area contributed by atoms with Crippen LogP contribution in [0.5, 0.6) is 0 Å². The van der Waals surface area contributed by atoms with E-state index in [9.17, 15) is 13.2 Å². The van der Waals surface area contributed by atoms with E-state index in [-0.39, 0.29) is 6.10 Å². The maximum atomic E-state index is 12.1. The fourth-order valence-corrected chi connectivity index (χ4v) is 1.69. The molecule has 1 N–H and O–H groups in total. The molecule has 1 aliphatic carbocycles. The van der Waals surface area contributed by atoms with Crippen molar-refractivity contribution in [3.63, 3.8) is 0 Å². The van der Waals surface area contributed by atoms with Gasteiger partial charge in [0.1, 0.15) is 0 Å². The summed E-state index contributed by atoms with van der Waals surface area (Å²) in [4.78, 5) is 0. The van der Waals surface area contributed by atoms with Gasteiger partial charge in [-0.15, -0.1) is 0 Å². The second-order valence-electron chi connectivity index (χ2n) is 3.74. The van der Waals surface area contributed by atoms with E-state index in [1.807, 2.05) is 7.05 Å². The van der Waals surface area contributed by atoms with E-state index < -0.39 is 12.3 Å². The number of hydrogen-bond acceptors (Lipinski definition) is 2. The molecule has 14 heavy (non-hydrogen) atoms. The predicted octanol–water partition coefficient (Wildman–Crippen LogP) is 2.09. The first-order chi connectivity index (χ1) is 6.43. The van der Waals surface area contributed by atoms with Crippen molar-refractivity contribution in [3.8, 4) is 0 Å². The van der Waals surface area contributed by atoms with Crippen molar-refractivity contribution < 1.29 is 17.9 Å². The van der Waals surface area contributed by atoms with Gasteiger partial charge in [-0.25, -0.2) is 0 Å². The first-order valence-electron chi connectivity index (χ1n) is 4.83. The molecular formula is C9H16F3NO. The molecule has 1 fully saturated rings. The van der Waals surface area contributed by atoms with Gasteiger partial charge in [0, 0.05) is 6.04 Å². The van der Waals surface area contributed by atoms with Crippen molar-refractivity contribution in [2.45, 2.75) is 50.6 Å². The summed E-state index contributed by atoms with van der Waals surface area (Å²) in [5.41, 5.74) is 0. The van der Waals surface area contributed by atoms with Crippen LogP contribution < -0.4 is 5.32 Å². The molecule has 0 bridgehead atoms. The van der Waals surface area contributed by atoms with E-state index in [1.165, 1.54) is 0 Å². The molecule has 3 atom stereocenters. The van der Waals surface area contributed by atoms with Crippen LogP contribution >= 0.6 is 0 Å². The quantitative estimate of drug-likeness (QED) is 0.771. The maximum Gasteiger partial charge on any atom is 0.414 e. The van der Waals surface area contributed by atoms with Crippen LogP contribution in [0.2, 0.25) is 0 Å². The van der Waals surface area contributed by atoms with Gasteiger partial charge in [-0.2, -0.15) is 13.2 Å². The number of hydrogen-bond donors (Lipinski definition) is 1. The lowest BCUT2D eigenvalue weighted by Crippen LogP contribution is -2.32. The highest BCUT2D eigenvalue weighted by atomic mass is 19.4. The molecule has 0 aromatic carbocycles. The average Bonchev–Trinajstić information content (AvgIpc) is 2.50. The van der Waals surface area contributed by atoms with Crippen LogP contribution in [0.3, 0.4) is 0 Å². The van der Waals surface area contributed by atoms with Gasteiger partial charge in [-0.1, -0.05) is 0 Å². The molecule has 0 spiro atoms. The molecule has 2 nitrogen and oxygen atoms in total. The normalized spacial score (nSPS) is 30.6. The zero-order chi connectivity index (χ0) is 10.8. The van der Waals surface area contributed by atoms with Crippen molar-refractivity contribution in [1.29, 1.82) is 0 Å². The Labute approximate surface area is 81.8 Å². The zero-order valence-corrected chi connectivity index (χ0v) is 8.40. The van der Waals surface area contributed by atoms with Gasteiger partial charge in [0.2, 0.25) is 0 Å². The smallest absolute Gasteiger partial charge is 0.366 e. The van der Waals surface area contributed by atoms with E-state index in [1.54, 1.807) is 0 Å². The van der Waals surface area contributed by atoms with Crippen molar-refractivity contribution in [3.05, 3.63) is 0 Å². The number of rotatable bonds is 3. The second-order valence-corrected chi connectivity index (χ2v) is 3.74. The van der Waals surface area contributed by atoms with E-state index >= 15 is 0 Å². The largest absolute Gasteiger partial charge is 0.414 e. The highest BCUT2D eigenvalue weighted by molar-refractivity contribution is 4.81. The Morgan fingerprint density at radius 3 is 2.43 bits per heavy atom. The Bertz CT molecular complexity index is 183. The summed E-state index contributed by atoms with van der Waals surface area (Å²) in [5.74, 6) is 0. The van der Waals surface area contributed by atoms with E-state index in [0.717, 1.165) is 13.3 Å². The molecule has 0 saturated heterocycles. The van der Waals surface area contributed by atoms with Crippen LogP contribution in [0.1, 0.15) is 26.2 Å².